The summed E-state index contributed by atoms with van der Waals surface area (Å²) in [6.07, 6.45) is 0. The van der Waals surface area contributed by atoms with E-state index in [1.54, 1.807) is 7.05 Å². The van der Waals surface area contributed by atoms with E-state index in [9.17, 15) is 9.18 Å². The number of halogens is 1. The van der Waals surface area contributed by atoms with Crippen LogP contribution in [0.5, 0.6) is 0 Å². The maximum atomic E-state index is 12.8. The molecule has 0 saturated carbocycles. The zero-order valence-electron chi connectivity index (χ0n) is 13.8. The predicted octanol–water partition coefficient (Wildman–Crippen LogP) is 2.47. The lowest BCUT2D eigenvalue weighted by Gasteiger charge is -2.22. The number of aliphatic imine (C=N–C) groups is 1. The molecule has 0 bridgehead atoms. The second-order valence-corrected chi connectivity index (χ2v) is 5.30. The molecule has 0 aliphatic rings. The lowest BCUT2D eigenvalue weighted by atomic mass is 10.2. The average Bonchev–Trinajstić information content (AvgIpc) is 2.58. The number of carbonyl (C=O) groups is 1. The molecule has 5 nitrogen and oxygen atoms in total. The van der Waals surface area contributed by atoms with Gasteiger partial charge in [-0.1, -0.05) is 30.3 Å². The average molecular weight is 328 g/mol. The highest BCUT2D eigenvalue weighted by Gasteiger charge is 2.09. The maximum Gasteiger partial charge on any atom is 0.243 e. The number of amides is 1. The summed E-state index contributed by atoms with van der Waals surface area (Å²) in [6.45, 7) is 0.753. The molecule has 0 heterocycles. The first kappa shape index (κ1) is 17.5. The van der Waals surface area contributed by atoms with E-state index in [1.807, 2.05) is 42.3 Å². The van der Waals surface area contributed by atoms with E-state index >= 15 is 0 Å². The Hall–Kier alpha value is -2.89. The first-order valence-electron chi connectivity index (χ1n) is 7.59. The summed E-state index contributed by atoms with van der Waals surface area (Å²) in [6, 6.07) is 15.6. The van der Waals surface area contributed by atoms with Gasteiger partial charge in [0.25, 0.3) is 0 Å². The molecule has 2 aromatic rings. The molecule has 0 atom stereocenters. The van der Waals surface area contributed by atoms with Gasteiger partial charge in [-0.3, -0.25) is 9.79 Å². The highest BCUT2D eigenvalue weighted by atomic mass is 19.1. The largest absolute Gasteiger partial charge is 0.347 e. The Morgan fingerprint density at radius 2 is 1.79 bits per heavy atom. The molecule has 0 radical (unpaired) electrons. The molecule has 0 unspecified atom stereocenters. The minimum absolute atomic E-state index is 0.0726. The Kier molecular flexibility index (Phi) is 6.31. The fourth-order valence-corrected chi connectivity index (χ4v) is 2.21. The van der Waals surface area contributed by atoms with E-state index in [0.717, 1.165) is 5.56 Å². The number of rotatable bonds is 5. The summed E-state index contributed by atoms with van der Waals surface area (Å²) in [7, 11) is 3.57. The number of guanidine groups is 1. The Labute approximate surface area is 141 Å². The van der Waals surface area contributed by atoms with Gasteiger partial charge in [0, 0.05) is 26.3 Å². The monoisotopic (exact) mass is 328 g/mol. The summed E-state index contributed by atoms with van der Waals surface area (Å²) >= 11 is 0. The van der Waals surface area contributed by atoms with Crippen molar-refractivity contribution in [2.45, 2.75) is 6.54 Å². The third-order valence-electron chi connectivity index (χ3n) is 3.37. The molecule has 2 aromatic carbocycles. The highest BCUT2D eigenvalue weighted by Crippen LogP contribution is 2.07. The summed E-state index contributed by atoms with van der Waals surface area (Å²) in [4.78, 5) is 18.1. The van der Waals surface area contributed by atoms with E-state index in [0.29, 0.717) is 18.2 Å². The molecular weight excluding hydrogens is 307 g/mol. The van der Waals surface area contributed by atoms with Crippen LogP contribution in [-0.4, -0.2) is 37.4 Å². The molecular formula is C18H21FN4O. The van der Waals surface area contributed by atoms with Gasteiger partial charge in [-0.05, 0) is 29.8 Å². The molecule has 6 heteroatoms. The van der Waals surface area contributed by atoms with E-state index in [-0.39, 0.29) is 18.3 Å². The topological polar surface area (TPSA) is 56.7 Å². The fourth-order valence-electron chi connectivity index (χ4n) is 2.21. The molecule has 0 fully saturated rings. The van der Waals surface area contributed by atoms with Crippen molar-refractivity contribution in [1.29, 1.82) is 0 Å². The molecule has 2 rings (SSSR count). The Morgan fingerprint density at radius 1 is 1.12 bits per heavy atom. The van der Waals surface area contributed by atoms with Gasteiger partial charge in [0.15, 0.2) is 5.96 Å². The van der Waals surface area contributed by atoms with Gasteiger partial charge in [0.05, 0.1) is 6.54 Å². The minimum Gasteiger partial charge on any atom is -0.347 e. The molecule has 126 valence electrons. The van der Waals surface area contributed by atoms with Crippen LogP contribution in [0.15, 0.2) is 59.6 Å². The molecule has 0 aliphatic heterocycles. The van der Waals surface area contributed by atoms with Crippen molar-refractivity contribution < 1.29 is 9.18 Å². The fraction of sp³-hybridized carbons (Fsp3) is 0.222. The van der Waals surface area contributed by atoms with Crippen molar-refractivity contribution in [3.63, 3.8) is 0 Å². The van der Waals surface area contributed by atoms with Crippen LogP contribution >= 0.6 is 0 Å². The van der Waals surface area contributed by atoms with Gasteiger partial charge >= 0.3 is 0 Å². The summed E-state index contributed by atoms with van der Waals surface area (Å²) < 4.78 is 12.8. The number of hydrogen-bond acceptors (Lipinski definition) is 2. The van der Waals surface area contributed by atoms with Crippen LogP contribution in [0.1, 0.15) is 5.56 Å². The van der Waals surface area contributed by atoms with Crippen molar-refractivity contribution >= 4 is 17.6 Å². The van der Waals surface area contributed by atoms with Crippen molar-refractivity contribution in [3.05, 3.63) is 66.0 Å². The smallest absolute Gasteiger partial charge is 0.243 e. The van der Waals surface area contributed by atoms with Crippen LogP contribution in [0.4, 0.5) is 10.1 Å². The second kappa shape index (κ2) is 8.67. The number of benzene rings is 2. The molecule has 24 heavy (non-hydrogen) atoms. The number of anilines is 1. The van der Waals surface area contributed by atoms with Crippen LogP contribution in [0.2, 0.25) is 0 Å². The van der Waals surface area contributed by atoms with Crippen molar-refractivity contribution in [1.82, 2.24) is 10.2 Å². The first-order chi connectivity index (χ1) is 11.6. The quantitative estimate of drug-likeness (QED) is 0.655. The van der Waals surface area contributed by atoms with Gasteiger partial charge in [-0.15, -0.1) is 0 Å². The van der Waals surface area contributed by atoms with Crippen molar-refractivity contribution in [2.75, 3.05) is 26.0 Å². The minimum atomic E-state index is -0.339. The summed E-state index contributed by atoms with van der Waals surface area (Å²) in [5.74, 6) is 0.0537. The van der Waals surface area contributed by atoms with Crippen LogP contribution in [0, 0.1) is 5.82 Å². The van der Waals surface area contributed by atoms with Gasteiger partial charge in [0.2, 0.25) is 5.91 Å². The van der Waals surface area contributed by atoms with Gasteiger partial charge in [-0.2, -0.15) is 0 Å². The van der Waals surface area contributed by atoms with Crippen molar-refractivity contribution in [2.24, 2.45) is 4.99 Å². The van der Waals surface area contributed by atoms with Gasteiger partial charge in [-0.25, -0.2) is 4.39 Å². The number of nitrogens with zero attached hydrogens (tertiary/aromatic N) is 2. The lowest BCUT2D eigenvalue weighted by Crippen LogP contribution is -2.42. The molecule has 0 aliphatic carbocycles. The zero-order valence-corrected chi connectivity index (χ0v) is 13.8. The number of hydrogen-bond donors (Lipinski definition) is 2. The molecule has 2 N–H and O–H groups in total. The SMILES string of the molecule is CN=C(NCC(=O)Nc1ccc(F)cc1)N(C)Cc1ccccc1. The van der Waals surface area contributed by atoms with Gasteiger partial charge in [0.1, 0.15) is 5.82 Å². The lowest BCUT2D eigenvalue weighted by molar-refractivity contribution is -0.115. The van der Waals surface area contributed by atoms with E-state index in [2.05, 4.69) is 15.6 Å². The highest BCUT2D eigenvalue weighted by molar-refractivity contribution is 5.94. The number of nitrogens with one attached hydrogen (secondary N) is 2. The predicted molar refractivity (Wildman–Crippen MR) is 94.3 cm³/mol. The van der Waals surface area contributed by atoms with E-state index < -0.39 is 0 Å². The molecule has 0 spiro atoms. The molecule has 0 aromatic heterocycles. The molecule has 1 amide bonds. The zero-order chi connectivity index (χ0) is 17.4. The Bertz CT molecular complexity index is 686. The van der Waals surface area contributed by atoms with Crippen molar-refractivity contribution in [3.8, 4) is 0 Å². The second-order valence-electron chi connectivity index (χ2n) is 5.30. The standard InChI is InChI=1S/C18H21FN4O/c1-20-18(23(2)13-14-6-4-3-5-7-14)21-12-17(24)22-16-10-8-15(19)9-11-16/h3-11H,12-13H2,1-2H3,(H,20,21)(H,22,24). The number of carbonyl (C=O) groups excluding carboxylic acids is 1. The van der Waals surface area contributed by atoms with Crippen LogP contribution < -0.4 is 10.6 Å². The third kappa shape index (κ3) is 5.39. The first-order valence-corrected chi connectivity index (χ1v) is 7.59. The van der Waals surface area contributed by atoms with E-state index in [4.69, 9.17) is 0 Å². The maximum absolute atomic E-state index is 12.8. The summed E-state index contributed by atoms with van der Waals surface area (Å²) in [5.41, 5.74) is 1.70. The van der Waals surface area contributed by atoms with Gasteiger partial charge < -0.3 is 15.5 Å². The summed E-state index contributed by atoms with van der Waals surface area (Å²) in [5, 5.41) is 5.71. The van der Waals surface area contributed by atoms with E-state index in [1.165, 1.54) is 24.3 Å². The van der Waals surface area contributed by atoms with Crippen LogP contribution in [-0.2, 0) is 11.3 Å². The third-order valence-corrected chi connectivity index (χ3v) is 3.37. The van der Waals surface area contributed by atoms with Crippen LogP contribution in [0.25, 0.3) is 0 Å². The molecule has 0 saturated heterocycles. The Morgan fingerprint density at radius 3 is 2.42 bits per heavy atom. The normalized spacial score (nSPS) is 11.0. The Balaban J connectivity index is 1.84. The van der Waals surface area contributed by atoms with Crippen LogP contribution in [0.3, 0.4) is 0 Å².